The summed E-state index contributed by atoms with van der Waals surface area (Å²) in [6, 6.07) is 8.14. The molecule has 2 rings (SSSR count). The molecule has 1 aromatic rings. The summed E-state index contributed by atoms with van der Waals surface area (Å²) in [5.74, 6) is 0.114. The highest BCUT2D eigenvalue weighted by Crippen LogP contribution is 2.18. The molecule has 21 heavy (non-hydrogen) atoms. The third kappa shape index (κ3) is 3.90. The summed E-state index contributed by atoms with van der Waals surface area (Å²) in [5.41, 5.74) is 5.03. The van der Waals surface area contributed by atoms with Crippen molar-refractivity contribution in [3.05, 3.63) is 35.4 Å². The molecule has 0 bridgehead atoms. The molecular formula is C16H21N3O2. The number of benzene rings is 1. The predicted octanol–water partition coefficient (Wildman–Crippen LogP) is 2.25. The number of carbonyl (C=O) groups excluding carboxylic acids is 2. The van der Waals surface area contributed by atoms with E-state index in [-0.39, 0.29) is 17.9 Å². The number of nitrogens with zero attached hydrogens (tertiary/aromatic N) is 1. The minimum absolute atomic E-state index is 0.0981. The summed E-state index contributed by atoms with van der Waals surface area (Å²) in [6.45, 7) is 6.23. The van der Waals surface area contributed by atoms with Gasteiger partial charge in [0, 0.05) is 12.8 Å². The summed E-state index contributed by atoms with van der Waals surface area (Å²) >= 11 is 0. The molecule has 1 aliphatic heterocycles. The second-order valence-corrected chi connectivity index (χ2v) is 5.61. The van der Waals surface area contributed by atoms with Gasteiger partial charge in [-0.05, 0) is 24.0 Å². The molecule has 1 aliphatic rings. The van der Waals surface area contributed by atoms with E-state index < -0.39 is 0 Å². The minimum atomic E-state index is -0.226. The molecule has 1 heterocycles. The normalized spacial score (nSPS) is 16.2. The van der Waals surface area contributed by atoms with Crippen LogP contribution >= 0.6 is 0 Å². The highest BCUT2D eigenvalue weighted by Gasteiger charge is 2.20. The van der Waals surface area contributed by atoms with Crippen molar-refractivity contribution >= 4 is 17.5 Å². The van der Waals surface area contributed by atoms with E-state index in [1.165, 1.54) is 5.56 Å². The van der Waals surface area contributed by atoms with Crippen LogP contribution in [0.5, 0.6) is 0 Å². The van der Waals surface area contributed by atoms with Crippen LogP contribution in [0.4, 0.5) is 0 Å². The maximum absolute atomic E-state index is 12.1. The van der Waals surface area contributed by atoms with Gasteiger partial charge in [-0.15, -0.1) is 0 Å². The van der Waals surface area contributed by atoms with Crippen LogP contribution in [0.1, 0.15) is 56.7 Å². The van der Waals surface area contributed by atoms with Gasteiger partial charge >= 0.3 is 0 Å². The second kappa shape index (κ2) is 6.52. The Kier molecular flexibility index (Phi) is 4.73. The molecule has 0 aliphatic carbocycles. The van der Waals surface area contributed by atoms with E-state index in [1.54, 1.807) is 0 Å². The molecule has 112 valence electrons. The van der Waals surface area contributed by atoms with E-state index in [0.717, 1.165) is 5.56 Å². The van der Waals surface area contributed by atoms with Crippen LogP contribution in [0.15, 0.2) is 29.4 Å². The quantitative estimate of drug-likeness (QED) is 0.891. The maximum Gasteiger partial charge on any atom is 0.267 e. The van der Waals surface area contributed by atoms with Gasteiger partial charge in [0.05, 0.1) is 6.04 Å². The summed E-state index contributed by atoms with van der Waals surface area (Å²) < 4.78 is 0. The smallest absolute Gasteiger partial charge is 0.267 e. The fourth-order valence-corrected chi connectivity index (χ4v) is 2.17. The van der Waals surface area contributed by atoms with Crippen molar-refractivity contribution in [2.45, 2.75) is 45.6 Å². The molecule has 0 fully saturated rings. The van der Waals surface area contributed by atoms with Gasteiger partial charge in [0.25, 0.3) is 5.91 Å². The number of hydrogen-bond donors (Lipinski definition) is 2. The lowest BCUT2D eigenvalue weighted by molar-refractivity contribution is -0.121. The molecule has 0 spiro atoms. The molecule has 1 unspecified atom stereocenters. The summed E-state index contributed by atoms with van der Waals surface area (Å²) in [7, 11) is 0. The molecule has 1 atom stereocenters. The Bertz CT molecular complexity index is 561. The molecule has 0 radical (unpaired) electrons. The number of nitrogens with one attached hydrogen (secondary N) is 2. The minimum Gasteiger partial charge on any atom is -0.344 e. The van der Waals surface area contributed by atoms with Gasteiger partial charge in [0.2, 0.25) is 5.91 Å². The Labute approximate surface area is 124 Å². The van der Waals surface area contributed by atoms with Crippen LogP contribution in [0.3, 0.4) is 0 Å². The Morgan fingerprint density at radius 1 is 1.14 bits per heavy atom. The van der Waals surface area contributed by atoms with Gasteiger partial charge < -0.3 is 5.32 Å². The lowest BCUT2D eigenvalue weighted by Gasteiger charge is -2.17. The number of hydrazone groups is 1. The van der Waals surface area contributed by atoms with Crippen LogP contribution in [-0.4, -0.2) is 17.5 Å². The zero-order valence-corrected chi connectivity index (χ0v) is 12.6. The molecular weight excluding hydrogens is 266 g/mol. The molecule has 1 aromatic carbocycles. The number of carbonyl (C=O) groups is 2. The van der Waals surface area contributed by atoms with E-state index in [0.29, 0.717) is 24.5 Å². The standard InChI is InChI=1S/C16H21N3O2/c1-10(2)12-4-6-13(7-5-12)11(3)17-16(21)14-8-9-15(20)19-18-14/h4-7,10-11H,8-9H2,1-3H3,(H,17,21)(H,19,20). The predicted molar refractivity (Wildman–Crippen MR) is 81.9 cm³/mol. The number of hydrogen-bond acceptors (Lipinski definition) is 3. The van der Waals surface area contributed by atoms with Gasteiger partial charge in [-0.1, -0.05) is 38.1 Å². The monoisotopic (exact) mass is 287 g/mol. The van der Waals surface area contributed by atoms with Gasteiger partial charge in [0.15, 0.2) is 0 Å². The van der Waals surface area contributed by atoms with Crippen LogP contribution < -0.4 is 10.7 Å². The van der Waals surface area contributed by atoms with Crippen LogP contribution in [0.2, 0.25) is 0 Å². The summed E-state index contributed by atoms with van der Waals surface area (Å²) in [4.78, 5) is 23.1. The first-order chi connectivity index (χ1) is 9.97. The van der Waals surface area contributed by atoms with Crippen molar-refractivity contribution in [1.29, 1.82) is 0 Å². The first-order valence-corrected chi connectivity index (χ1v) is 7.23. The SMILES string of the molecule is CC(C)c1ccc(C(C)NC(=O)C2=NNC(=O)CC2)cc1. The first-order valence-electron chi connectivity index (χ1n) is 7.23. The average Bonchev–Trinajstić information content (AvgIpc) is 2.47. The van der Waals surface area contributed by atoms with E-state index >= 15 is 0 Å². The first kappa shape index (κ1) is 15.2. The Hall–Kier alpha value is -2.17. The zero-order chi connectivity index (χ0) is 15.4. The Morgan fingerprint density at radius 3 is 2.29 bits per heavy atom. The van der Waals surface area contributed by atoms with Crippen molar-refractivity contribution in [2.75, 3.05) is 0 Å². The van der Waals surface area contributed by atoms with E-state index in [9.17, 15) is 9.59 Å². The van der Waals surface area contributed by atoms with Crippen molar-refractivity contribution in [3.63, 3.8) is 0 Å². The maximum atomic E-state index is 12.1. The van der Waals surface area contributed by atoms with Gasteiger partial charge in [-0.3, -0.25) is 9.59 Å². The lowest BCUT2D eigenvalue weighted by atomic mass is 9.99. The fourth-order valence-electron chi connectivity index (χ4n) is 2.17. The van der Waals surface area contributed by atoms with Gasteiger partial charge in [-0.2, -0.15) is 5.10 Å². The topological polar surface area (TPSA) is 70.6 Å². The summed E-state index contributed by atoms with van der Waals surface area (Å²) in [6.07, 6.45) is 0.695. The zero-order valence-electron chi connectivity index (χ0n) is 12.6. The van der Waals surface area contributed by atoms with Crippen molar-refractivity contribution in [2.24, 2.45) is 5.10 Å². The average molecular weight is 287 g/mol. The Morgan fingerprint density at radius 2 is 1.76 bits per heavy atom. The molecule has 5 heteroatoms. The highest BCUT2D eigenvalue weighted by molar-refractivity contribution is 6.39. The van der Waals surface area contributed by atoms with Gasteiger partial charge in [-0.25, -0.2) is 5.43 Å². The van der Waals surface area contributed by atoms with Crippen molar-refractivity contribution in [1.82, 2.24) is 10.7 Å². The molecule has 2 N–H and O–H groups in total. The Balaban J connectivity index is 1.99. The van der Waals surface area contributed by atoms with Gasteiger partial charge in [0.1, 0.15) is 5.71 Å². The molecule has 0 saturated carbocycles. The van der Waals surface area contributed by atoms with Crippen LogP contribution in [0.25, 0.3) is 0 Å². The van der Waals surface area contributed by atoms with Crippen LogP contribution in [-0.2, 0) is 9.59 Å². The third-order valence-corrected chi connectivity index (χ3v) is 3.62. The highest BCUT2D eigenvalue weighted by atomic mass is 16.2. The van der Waals surface area contributed by atoms with E-state index in [2.05, 4.69) is 41.8 Å². The van der Waals surface area contributed by atoms with E-state index in [4.69, 9.17) is 0 Å². The second-order valence-electron chi connectivity index (χ2n) is 5.61. The molecule has 0 aromatic heterocycles. The van der Waals surface area contributed by atoms with Crippen LogP contribution in [0, 0.1) is 0 Å². The lowest BCUT2D eigenvalue weighted by Crippen LogP contribution is -2.37. The fraction of sp³-hybridized carbons (Fsp3) is 0.438. The molecule has 0 saturated heterocycles. The number of amides is 2. The number of rotatable bonds is 4. The van der Waals surface area contributed by atoms with Crippen molar-refractivity contribution < 1.29 is 9.59 Å². The third-order valence-electron chi connectivity index (χ3n) is 3.62. The largest absolute Gasteiger partial charge is 0.344 e. The van der Waals surface area contributed by atoms with Crippen molar-refractivity contribution in [3.8, 4) is 0 Å². The molecule has 2 amide bonds. The van der Waals surface area contributed by atoms with E-state index in [1.807, 2.05) is 19.1 Å². The summed E-state index contributed by atoms with van der Waals surface area (Å²) in [5, 5.41) is 6.71. The molecule has 5 nitrogen and oxygen atoms in total.